The SMILES string of the molecule is NC[C@H]1CCC[C@H]1C(=O)NCCc1ccc(N)cc1. The second kappa shape index (κ2) is 6.57. The summed E-state index contributed by atoms with van der Waals surface area (Å²) in [5.74, 6) is 0.663. The normalized spacial score (nSPS) is 22.4. The highest BCUT2D eigenvalue weighted by molar-refractivity contribution is 5.79. The zero-order valence-electron chi connectivity index (χ0n) is 11.3. The average Bonchev–Trinajstić information content (AvgIpc) is 2.89. The van der Waals surface area contributed by atoms with Crippen LogP contribution in [0.3, 0.4) is 0 Å². The van der Waals surface area contributed by atoms with Crippen LogP contribution < -0.4 is 16.8 Å². The topological polar surface area (TPSA) is 81.1 Å². The smallest absolute Gasteiger partial charge is 0.223 e. The van der Waals surface area contributed by atoms with Crippen LogP contribution in [0.1, 0.15) is 24.8 Å². The van der Waals surface area contributed by atoms with Crippen molar-refractivity contribution in [2.24, 2.45) is 17.6 Å². The van der Waals surface area contributed by atoms with Crippen LogP contribution in [-0.2, 0) is 11.2 Å². The molecule has 104 valence electrons. The lowest BCUT2D eigenvalue weighted by Gasteiger charge is -2.17. The standard InChI is InChI=1S/C15H23N3O/c16-10-12-2-1-3-14(12)15(19)18-9-8-11-4-6-13(17)7-5-11/h4-7,12,14H,1-3,8-10,16-17H2,(H,18,19)/t12-,14-/m1/s1. The third-order valence-electron chi connectivity index (χ3n) is 3.99. The van der Waals surface area contributed by atoms with Crippen molar-refractivity contribution in [3.63, 3.8) is 0 Å². The highest BCUT2D eigenvalue weighted by Gasteiger charge is 2.31. The summed E-state index contributed by atoms with van der Waals surface area (Å²) in [6.45, 7) is 1.30. The molecule has 0 aliphatic heterocycles. The molecule has 1 aromatic rings. The van der Waals surface area contributed by atoms with E-state index < -0.39 is 0 Å². The van der Waals surface area contributed by atoms with E-state index in [9.17, 15) is 4.79 Å². The molecular weight excluding hydrogens is 238 g/mol. The minimum absolute atomic E-state index is 0.122. The molecule has 0 aromatic heterocycles. The van der Waals surface area contributed by atoms with Gasteiger partial charge in [-0.3, -0.25) is 4.79 Å². The number of nitrogens with one attached hydrogen (secondary N) is 1. The van der Waals surface area contributed by atoms with Crippen molar-refractivity contribution < 1.29 is 4.79 Å². The summed E-state index contributed by atoms with van der Waals surface area (Å²) in [7, 11) is 0. The van der Waals surface area contributed by atoms with Crippen molar-refractivity contribution in [3.8, 4) is 0 Å². The quantitative estimate of drug-likeness (QED) is 0.699. The molecule has 0 heterocycles. The summed E-state index contributed by atoms with van der Waals surface area (Å²) in [6, 6.07) is 7.77. The molecule has 0 spiro atoms. The van der Waals surface area contributed by atoms with Gasteiger partial charge in [-0.15, -0.1) is 0 Å². The first-order valence-electron chi connectivity index (χ1n) is 7.03. The van der Waals surface area contributed by atoms with Gasteiger partial charge in [-0.25, -0.2) is 0 Å². The molecule has 2 rings (SSSR count). The fourth-order valence-corrected chi connectivity index (χ4v) is 2.81. The maximum Gasteiger partial charge on any atom is 0.223 e. The predicted molar refractivity (Wildman–Crippen MR) is 77.5 cm³/mol. The molecule has 0 unspecified atom stereocenters. The fraction of sp³-hybridized carbons (Fsp3) is 0.533. The lowest BCUT2D eigenvalue weighted by atomic mass is 9.95. The van der Waals surface area contributed by atoms with Crippen molar-refractivity contribution >= 4 is 11.6 Å². The van der Waals surface area contributed by atoms with Crippen molar-refractivity contribution in [2.45, 2.75) is 25.7 Å². The molecule has 19 heavy (non-hydrogen) atoms. The van der Waals surface area contributed by atoms with Gasteiger partial charge in [0.15, 0.2) is 0 Å². The number of amides is 1. The summed E-state index contributed by atoms with van der Waals surface area (Å²) in [5.41, 5.74) is 13.3. The van der Waals surface area contributed by atoms with Crippen LogP contribution in [0.4, 0.5) is 5.69 Å². The molecule has 2 atom stereocenters. The number of nitrogen functional groups attached to an aromatic ring is 1. The van der Waals surface area contributed by atoms with E-state index in [1.807, 2.05) is 24.3 Å². The molecule has 1 aliphatic rings. The van der Waals surface area contributed by atoms with E-state index in [0.29, 0.717) is 19.0 Å². The summed E-state index contributed by atoms with van der Waals surface area (Å²) in [4.78, 5) is 12.1. The first kappa shape index (κ1) is 13.9. The van der Waals surface area contributed by atoms with Gasteiger partial charge in [0, 0.05) is 18.2 Å². The van der Waals surface area contributed by atoms with Crippen LogP contribution in [0.2, 0.25) is 0 Å². The number of hydrogen-bond acceptors (Lipinski definition) is 3. The summed E-state index contributed by atoms with van der Waals surface area (Å²) < 4.78 is 0. The Morgan fingerprint density at radius 2 is 2.00 bits per heavy atom. The van der Waals surface area contributed by atoms with E-state index in [0.717, 1.165) is 31.4 Å². The number of anilines is 1. The molecule has 0 saturated heterocycles. The summed E-state index contributed by atoms with van der Waals surface area (Å²) >= 11 is 0. The first-order valence-corrected chi connectivity index (χ1v) is 7.03. The van der Waals surface area contributed by atoms with Gasteiger partial charge in [-0.2, -0.15) is 0 Å². The Kier molecular flexibility index (Phi) is 4.80. The lowest BCUT2D eigenvalue weighted by molar-refractivity contribution is -0.125. The predicted octanol–water partition coefficient (Wildman–Crippen LogP) is 1.30. The van der Waals surface area contributed by atoms with Gasteiger partial charge in [-0.1, -0.05) is 18.6 Å². The van der Waals surface area contributed by atoms with Gasteiger partial charge in [0.2, 0.25) is 5.91 Å². The number of nitrogens with two attached hydrogens (primary N) is 2. The van der Waals surface area contributed by atoms with E-state index >= 15 is 0 Å². The zero-order chi connectivity index (χ0) is 13.7. The average molecular weight is 261 g/mol. The molecule has 0 bridgehead atoms. The largest absolute Gasteiger partial charge is 0.399 e. The highest BCUT2D eigenvalue weighted by Crippen LogP contribution is 2.30. The molecule has 1 aromatic carbocycles. The zero-order valence-corrected chi connectivity index (χ0v) is 11.3. The molecule has 4 heteroatoms. The molecular formula is C15H23N3O. The van der Waals surface area contributed by atoms with Crippen LogP contribution in [0.15, 0.2) is 24.3 Å². The van der Waals surface area contributed by atoms with Crippen LogP contribution in [-0.4, -0.2) is 19.0 Å². The van der Waals surface area contributed by atoms with Gasteiger partial charge < -0.3 is 16.8 Å². The number of rotatable bonds is 5. The monoisotopic (exact) mass is 261 g/mol. The minimum atomic E-state index is 0.122. The Hall–Kier alpha value is -1.55. The molecule has 5 N–H and O–H groups in total. The number of carbonyl (C=O) groups excluding carboxylic acids is 1. The number of carbonyl (C=O) groups is 1. The first-order chi connectivity index (χ1) is 9.20. The number of hydrogen-bond donors (Lipinski definition) is 3. The lowest BCUT2D eigenvalue weighted by Crippen LogP contribution is -2.36. The molecule has 1 amide bonds. The maximum atomic E-state index is 12.1. The Labute approximate surface area is 114 Å². The molecule has 4 nitrogen and oxygen atoms in total. The van der Waals surface area contributed by atoms with Gasteiger partial charge in [0.25, 0.3) is 0 Å². The van der Waals surface area contributed by atoms with E-state index in [4.69, 9.17) is 11.5 Å². The maximum absolute atomic E-state index is 12.1. The van der Waals surface area contributed by atoms with E-state index in [2.05, 4.69) is 5.32 Å². The van der Waals surface area contributed by atoms with Crippen molar-refractivity contribution in [2.75, 3.05) is 18.8 Å². The van der Waals surface area contributed by atoms with E-state index in [1.54, 1.807) is 0 Å². The van der Waals surface area contributed by atoms with Gasteiger partial charge in [-0.05, 0) is 49.4 Å². The Morgan fingerprint density at radius 3 is 2.68 bits per heavy atom. The van der Waals surface area contributed by atoms with Crippen LogP contribution >= 0.6 is 0 Å². The Morgan fingerprint density at radius 1 is 1.26 bits per heavy atom. The second-order valence-electron chi connectivity index (χ2n) is 5.32. The molecule has 1 saturated carbocycles. The molecule has 1 aliphatic carbocycles. The van der Waals surface area contributed by atoms with Crippen molar-refractivity contribution in [1.82, 2.24) is 5.32 Å². The number of benzene rings is 1. The van der Waals surface area contributed by atoms with Crippen molar-refractivity contribution in [3.05, 3.63) is 29.8 Å². The minimum Gasteiger partial charge on any atom is -0.399 e. The fourth-order valence-electron chi connectivity index (χ4n) is 2.81. The van der Waals surface area contributed by atoms with Crippen molar-refractivity contribution in [1.29, 1.82) is 0 Å². The Bertz CT molecular complexity index is 416. The summed E-state index contributed by atoms with van der Waals surface area (Å²) in [6.07, 6.45) is 4.03. The molecule has 1 fully saturated rings. The third-order valence-corrected chi connectivity index (χ3v) is 3.99. The van der Waals surface area contributed by atoms with E-state index in [-0.39, 0.29) is 11.8 Å². The van der Waals surface area contributed by atoms with Crippen LogP contribution in [0.25, 0.3) is 0 Å². The summed E-state index contributed by atoms with van der Waals surface area (Å²) in [5, 5.41) is 3.03. The van der Waals surface area contributed by atoms with Crippen LogP contribution in [0.5, 0.6) is 0 Å². The molecule has 0 radical (unpaired) electrons. The van der Waals surface area contributed by atoms with Gasteiger partial charge in [0.05, 0.1) is 0 Å². The Balaban J connectivity index is 1.76. The highest BCUT2D eigenvalue weighted by atomic mass is 16.1. The van der Waals surface area contributed by atoms with E-state index in [1.165, 1.54) is 5.56 Å². The second-order valence-corrected chi connectivity index (χ2v) is 5.32. The van der Waals surface area contributed by atoms with Gasteiger partial charge >= 0.3 is 0 Å². The third kappa shape index (κ3) is 3.70. The van der Waals surface area contributed by atoms with Crippen LogP contribution in [0, 0.1) is 11.8 Å². The van der Waals surface area contributed by atoms with Gasteiger partial charge in [0.1, 0.15) is 0 Å².